The van der Waals surface area contributed by atoms with E-state index in [1.54, 1.807) is 42.5 Å². The van der Waals surface area contributed by atoms with Gasteiger partial charge in [0.1, 0.15) is 6.10 Å². The van der Waals surface area contributed by atoms with Crippen LogP contribution >= 0.6 is 30.8 Å². The van der Waals surface area contributed by atoms with Gasteiger partial charge >= 0.3 is 13.6 Å². The van der Waals surface area contributed by atoms with Gasteiger partial charge in [-0.05, 0) is 41.7 Å². The van der Waals surface area contributed by atoms with E-state index in [9.17, 15) is 29.0 Å². The standard InChI is InChI=1S/C22H24Cl2NO7P/c23-17-8-7-16(10-18(17)24)19(11-21(26)27)25(22(28)20-2-1-9-32-20)12-14-3-5-15(6-4-14)13-33(29,30)31/h3-8,10,19-20H,1-2,9,11-13H2,(H,26,27)(H2,29,30,31). The molecule has 11 heteroatoms. The predicted molar refractivity (Wildman–Crippen MR) is 123 cm³/mol. The summed E-state index contributed by atoms with van der Waals surface area (Å²) in [6.07, 6.45) is -0.142. The molecule has 2 aromatic carbocycles. The molecule has 3 rings (SSSR count). The average molecular weight is 516 g/mol. The number of halogens is 2. The Morgan fingerprint density at radius 3 is 2.30 bits per heavy atom. The molecule has 1 fully saturated rings. The Hall–Kier alpha value is -1.93. The second-order valence-electron chi connectivity index (χ2n) is 7.89. The molecule has 0 bridgehead atoms. The maximum Gasteiger partial charge on any atom is 0.329 e. The first-order valence-corrected chi connectivity index (χ1v) is 12.8. The Morgan fingerprint density at radius 1 is 1.09 bits per heavy atom. The van der Waals surface area contributed by atoms with E-state index < -0.39 is 31.9 Å². The summed E-state index contributed by atoms with van der Waals surface area (Å²) >= 11 is 12.2. The highest BCUT2D eigenvalue weighted by molar-refractivity contribution is 7.50. The van der Waals surface area contributed by atoms with Crippen LogP contribution in [0.5, 0.6) is 0 Å². The van der Waals surface area contributed by atoms with Crippen molar-refractivity contribution in [3.05, 3.63) is 69.2 Å². The Morgan fingerprint density at radius 2 is 1.76 bits per heavy atom. The lowest BCUT2D eigenvalue weighted by Gasteiger charge is -2.33. The van der Waals surface area contributed by atoms with Crippen LogP contribution in [-0.2, 0) is 31.6 Å². The number of nitrogens with zero attached hydrogens (tertiary/aromatic N) is 1. The fraction of sp³-hybridized carbons (Fsp3) is 0.364. The number of benzene rings is 2. The number of carboxylic acid groups (broad SMARTS) is 1. The molecular formula is C22H24Cl2NO7P. The number of aliphatic carboxylic acids is 1. The van der Waals surface area contributed by atoms with Gasteiger partial charge < -0.3 is 24.5 Å². The van der Waals surface area contributed by atoms with E-state index in [1.165, 1.54) is 4.90 Å². The van der Waals surface area contributed by atoms with Gasteiger partial charge in [-0.25, -0.2) is 0 Å². The van der Waals surface area contributed by atoms with Crippen molar-refractivity contribution >= 4 is 42.7 Å². The molecule has 0 saturated carbocycles. The predicted octanol–water partition coefficient (Wildman–Crippen LogP) is 4.39. The van der Waals surface area contributed by atoms with Crippen LogP contribution in [-0.4, -0.2) is 44.4 Å². The summed E-state index contributed by atoms with van der Waals surface area (Å²) in [5.41, 5.74) is 1.65. The molecule has 1 heterocycles. The summed E-state index contributed by atoms with van der Waals surface area (Å²) in [5, 5.41) is 10.1. The summed E-state index contributed by atoms with van der Waals surface area (Å²) in [6, 6.07) is 10.4. The van der Waals surface area contributed by atoms with Crippen molar-refractivity contribution in [2.45, 2.75) is 44.1 Å². The molecule has 1 amide bonds. The molecule has 8 nitrogen and oxygen atoms in total. The number of ether oxygens (including phenoxy) is 1. The maximum absolute atomic E-state index is 13.4. The largest absolute Gasteiger partial charge is 0.481 e. The molecule has 1 aliphatic rings. The highest BCUT2D eigenvalue weighted by atomic mass is 35.5. The summed E-state index contributed by atoms with van der Waals surface area (Å²) < 4.78 is 16.8. The number of hydrogen-bond acceptors (Lipinski definition) is 4. The molecule has 0 aromatic heterocycles. The van der Waals surface area contributed by atoms with E-state index in [1.807, 2.05) is 0 Å². The average Bonchev–Trinajstić information content (AvgIpc) is 3.27. The fourth-order valence-electron chi connectivity index (χ4n) is 3.78. The molecule has 0 spiro atoms. The molecule has 33 heavy (non-hydrogen) atoms. The van der Waals surface area contributed by atoms with Gasteiger partial charge in [-0.15, -0.1) is 0 Å². The first kappa shape index (κ1) is 25.7. The quantitative estimate of drug-likeness (QED) is 0.422. The third-order valence-electron chi connectivity index (χ3n) is 5.33. The lowest BCUT2D eigenvalue weighted by Crippen LogP contribution is -2.41. The van der Waals surface area contributed by atoms with Gasteiger partial charge in [0.05, 0.1) is 28.7 Å². The second kappa shape index (κ2) is 11.0. The van der Waals surface area contributed by atoms with Crippen molar-refractivity contribution in [3.8, 4) is 0 Å². The van der Waals surface area contributed by atoms with Gasteiger partial charge in [0.25, 0.3) is 5.91 Å². The molecule has 2 unspecified atom stereocenters. The molecule has 2 atom stereocenters. The van der Waals surface area contributed by atoms with Crippen molar-refractivity contribution < 1.29 is 33.8 Å². The van der Waals surface area contributed by atoms with Crippen molar-refractivity contribution in [1.82, 2.24) is 4.90 Å². The number of carbonyl (C=O) groups is 2. The molecule has 2 aromatic rings. The number of carboxylic acids is 1. The minimum Gasteiger partial charge on any atom is -0.481 e. The van der Waals surface area contributed by atoms with Gasteiger partial charge in [0.2, 0.25) is 0 Å². The number of hydrogen-bond donors (Lipinski definition) is 3. The zero-order valence-corrected chi connectivity index (χ0v) is 20.0. The van der Waals surface area contributed by atoms with Gasteiger partial charge in [-0.1, -0.05) is 53.5 Å². The SMILES string of the molecule is O=C(O)CC(c1ccc(Cl)c(Cl)c1)N(Cc1ccc(CP(=O)(O)O)cc1)C(=O)C1CCCO1. The van der Waals surface area contributed by atoms with Gasteiger partial charge in [0.15, 0.2) is 0 Å². The summed E-state index contributed by atoms with van der Waals surface area (Å²) in [6.45, 7) is 0.533. The van der Waals surface area contributed by atoms with Crippen LogP contribution in [0.25, 0.3) is 0 Å². The normalized spacial score (nSPS) is 17.0. The minimum absolute atomic E-state index is 0.0765. The smallest absolute Gasteiger partial charge is 0.329 e. The summed E-state index contributed by atoms with van der Waals surface area (Å²) in [5.74, 6) is -1.42. The van der Waals surface area contributed by atoms with Gasteiger partial charge in [-0.3, -0.25) is 14.2 Å². The van der Waals surface area contributed by atoms with E-state index in [0.29, 0.717) is 34.7 Å². The fourth-order valence-corrected chi connectivity index (χ4v) is 4.77. The second-order valence-corrected chi connectivity index (χ2v) is 10.4. The van der Waals surface area contributed by atoms with Crippen molar-refractivity contribution in [1.29, 1.82) is 0 Å². The zero-order chi connectivity index (χ0) is 24.2. The van der Waals surface area contributed by atoms with E-state index >= 15 is 0 Å². The minimum atomic E-state index is -4.21. The molecular weight excluding hydrogens is 492 g/mol. The molecule has 0 radical (unpaired) electrons. The van der Waals surface area contributed by atoms with E-state index in [0.717, 1.165) is 6.42 Å². The highest BCUT2D eigenvalue weighted by Gasteiger charge is 2.34. The number of carbonyl (C=O) groups excluding carboxylic acids is 1. The number of amides is 1. The third-order valence-corrected chi connectivity index (χ3v) is 6.84. The molecule has 0 aliphatic carbocycles. The van der Waals surface area contributed by atoms with Crippen LogP contribution in [0.3, 0.4) is 0 Å². The van der Waals surface area contributed by atoms with Crippen LogP contribution in [0.4, 0.5) is 0 Å². The Balaban J connectivity index is 1.95. The third kappa shape index (κ3) is 7.27. The molecule has 178 valence electrons. The summed E-state index contributed by atoms with van der Waals surface area (Å²) in [4.78, 5) is 44.9. The molecule has 1 aliphatic heterocycles. The zero-order valence-electron chi connectivity index (χ0n) is 17.6. The van der Waals surface area contributed by atoms with Crippen LogP contribution in [0.1, 0.15) is 42.0 Å². The first-order valence-electron chi connectivity index (χ1n) is 10.2. The maximum atomic E-state index is 13.4. The molecule has 3 N–H and O–H groups in total. The lowest BCUT2D eigenvalue weighted by molar-refractivity contribution is -0.147. The van der Waals surface area contributed by atoms with Gasteiger partial charge in [0, 0.05) is 13.2 Å². The van der Waals surface area contributed by atoms with Crippen LogP contribution < -0.4 is 0 Å². The summed E-state index contributed by atoms with van der Waals surface area (Å²) in [7, 11) is -4.21. The lowest BCUT2D eigenvalue weighted by atomic mass is 9.99. The van der Waals surface area contributed by atoms with E-state index in [2.05, 4.69) is 0 Å². The Kier molecular flexibility index (Phi) is 8.56. The van der Waals surface area contributed by atoms with Crippen LogP contribution in [0.2, 0.25) is 10.0 Å². The monoisotopic (exact) mass is 515 g/mol. The topological polar surface area (TPSA) is 124 Å². The number of rotatable bonds is 9. The van der Waals surface area contributed by atoms with Crippen LogP contribution in [0.15, 0.2) is 42.5 Å². The van der Waals surface area contributed by atoms with Crippen molar-refractivity contribution in [2.75, 3.05) is 6.61 Å². The van der Waals surface area contributed by atoms with E-state index in [-0.39, 0.29) is 23.9 Å². The Labute approximate surface area is 201 Å². The highest BCUT2D eigenvalue weighted by Crippen LogP contribution is 2.39. The van der Waals surface area contributed by atoms with Gasteiger partial charge in [-0.2, -0.15) is 0 Å². The van der Waals surface area contributed by atoms with E-state index in [4.69, 9.17) is 27.9 Å². The van der Waals surface area contributed by atoms with Crippen molar-refractivity contribution in [2.24, 2.45) is 0 Å². The van der Waals surface area contributed by atoms with Crippen molar-refractivity contribution in [3.63, 3.8) is 0 Å². The Bertz CT molecular complexity index is 1050. The first-order chi connectivity index (χ1) is 15.5. The van der Waals surface area contributed by atoms with Crippen LogP contribution in [0, 0.1) is 0 Å². The molecule has 1 saturated heterocycles.